The van der Waals surface area contributed by atoms with Gasteiger partial charge in [0.25, 0.3) is 0 Å². The highest BCUT2D eigenvalue weighted by Crippen LogP contribution is 2.26. The lowest BCUT2D eigenvalue weighted by molar-refractivity contribution is -0.128. The molecule has 0 aliphatic carbocycles. The highest BCUT2D eigenvalue weighted by molar-refractivity contribution is 7.99. The summed E-state index contributed by atoms with van der Waals surface area (Å²) < 4.78 is 12.8. The van der Waals surface area contributed by atoms with E-state index in [2.05, 4.69) is 41.1 Å². The van der Waals surface area contributed by atoms with Gasteiger partial charge in [-0.3, -0.25) is 9.36 Å². The van der Waals surface area contributed by atoms with Crippen LogP contribution in [0.5, 0.6) is 5.75 Å². The Morgan fingerprint density at radius 2 is 1.88 bits per heavy atom. The van der Waals surface area contributed by atoms with Gasteiger partial charge in [-0.15, -0.1) is 10.2 Å². The number of aromatic nitrogens is 3. The molecule has 170 valence electrons. The van der Waals surface area contributed by atoms with Crippen LogP contribution in [0, 0.1) is 5.92 Å². The summed E-state index contributed by atoms with van der Waals surface area (Å²) >= 11 is 1.44. The van der Waals surface area contributed by atoms with Crippen molar-refractivity contribution in [1.82, 2.24) is 19.7 Å². The normalized spacial score (nSPS) is 14.2. The number of ether oxygens (including phenoxy) is 1. The van der Waals surface area contributed by atoms with Crippen molar-refractivity contribution in [2.45, 2.75) is 25.5 Å². The number of hydrogen-bond acceptors (Lipinski definition) is 7. The topological polar surface area (TPSA) is 76.6 Å². The fraction of sp³-hybridized carbons (Fsp3) is 0.435. The Hall–Kier alpha value is -2.94. The second kappa shape index (κ2) is 10.1. The predicted molar refractivity (Wildman–Crippen MR) is 125 cm³/mol. The number of carbonyl (C=O) groups excluding carboxylic acids is 1. The minimum Gasteiger partial charge on any atom is -0.497 e. The molecule has 1 aliphatic heterocycles. The summed E-state index contributed by atoms with van der Waals surface area (Å²) in [7, 11) is 1.67. The third-order valence-corrected chi connectivity index (χ3v) is 6.35. The molecule has 0 spiro atoms. The first-order chi connectivity index (χ1) is 15.5. The fourth-order valence-electron chi connectivity index (χ4n) is 3.74. The van der Waals surface area contributed by atoms with Crippen LogP contribution in [-0.4, -0.2) is 64.6 Å². The number of methoxy groups -OCH3 is 1. The molecule has 1 fully saturated rings. The van der Waals surface area contributed by atoms with Crippen LogP contribution < -0.4 is 9.64 Å². The Morgan fingerprint density at radius 3 is 2.50 bits per heavy atom. The molecular weight excluding hydrogens is 426 g/mol. The van der Waals surface area contributed by atoms with E-state index < -0.39 is 0 Å². The Labute approximate surface area is 192 Å². The zero-order valence-electron chi connectivity index (χ0n) is 18.7. The van der Waals surface area contributed by atoms with Gasteiger partial charge in [0.15, 0.2) is 16.7 Å². The lowest BCUT2D eigenvalue weighted by Crippen LogP contribution is -2.49. The first-order valence-corrected chi connectivity index (χ1v) is 11.8. The average Bonchev–Trinajstić information content (AvgIpc) is 3.47. The minimum atomic E-state index is 0.128. The van der Waals surface area contributed by atoms with E-state index in [1.54, 1.807) is 13.4 Å². The van der Waals surface area contributed by atoms with E-state index in [1.165, 1.54) is 11.8 Å². The Kier molecular flexibility index (Phi) is 7.04. The Bertz CT molecular complexity index is 1010. The summed E-state index contributed by atoms with van der Waals surface area (Å²) in [5.41, 5.74) is 1.15. The van der Waals surface area contributed by atoms with Crippen molar-refractivity contribution in [2.24, 2.45) is 5.92 Å². The highest BCUT2D eigenvalue weighted by Gasteiger charge is 2.23. The van der Waals surface area contributed by atoms with Crippen molar-refractivity contribution in [3.8, 4) is 17.3 Å². The van der Waals surface area contributed by atoms with Gasteiger partial charge >= 0.3 is 0 Å². The van der Waals surface area contributed by atoms with Gasteiger partial charge in [-0.05, 0) is 42.3 Å². The van der Waals surface area contributed by atoms with Gasteiger partial charge in [0.1, 0.15) is 5.75 Å². The zero-order valence-corrected chi connectivity index (χ0v) is 19.5. The van der Waals surface area contributed by atoms with Crippen molar-refractivity contribution in [3.05, 3.63) is 42.7 Å². The molecule has 1 saturated heterocycles. The molecule has 9 heteroatoms. The van der Waals surface area contributed by atoms with Crippen LogP contribution in [0.4, 0.5) is 5.69 Å². The Morgan fingerprint density at radius 1 is 1.12 bits per heavy atom. The molecule has 3 heterocycles. The number of nitrogens with zero attached hydrogens (tertiary/aromatic N) is 5. The molecule has 2 aromatic heterocycles. The Balaban J connectivity index is 1.34. The van der Waals surface area contributed by atoms with Crippen LogP contribution in [0.1, 0.15) is 13.8 Å². The van der Waals surface area contributed by atoms with Gasteiger partial charge < -0.3 is 19.0 Å². The van der Waals surface area contributed by atoms with Crippen LogP contribution in [0.15, 0.2) is 52.2 Å². The molecule has 0 bridgehead atoms. The van der Waals surface area contributed by atoms with Crippen molar-refractivity contribution in [1.29, 1.82) is 0 Å². The van der Waals surface area contributed by atoms with E-state index in [-0.39, 0.29) is 5.91 Å². The van der Waals surface area contributed by atoms with Crippen LogP contribution in [0.3, 0.4) is 0 Å². The maximum Gasteiger partial charge on any atom is 0.233 e. The molecule has 1 aromatic carbocycles. The first kappa shape index (κ1) is 22.3. The predicted octanol–water partition coefficient (Wildman–Crippen LogP) is 3.64. The minimum absolute atomic E-state index is 0.128. The number of thioether (sulfide) groups is 1. The molecule has 4 rings (SSSR count). The number of amides is 1. The maximum atomic E-state index is 12.9. The average molecular weight is 456 g/mol. The molecule has 0 radical (unpaired) electrons. The SMILES string of the molecule is COc1ccc(N2CCN(C(=O)CSc3nnc(-c4ccco4)n3CC(C)C)CC2)cc1. The monoisotopic (exact) mass is 455 g/mol. The molecule has 3 aromatic rings. The van der Waals surface area contributed by atoms with Crippen LogP contribution in [0.2, 0.25) is 0 Å². The summed E-state index contributed by atoms with van der Waals surface area (Å²) in [5.74, 6) is 3.12. The molecular formula is C23H29N5O3S. The quantitative estimate of drug-likeness (QED) is 0.480. The van der Waals surface area contributed by atoms with Crippen molar-refractivity contribution < 1.29 is 13.9 Å². The molecule has 0 saturated carbocycles. The standard InChI is InChI=1S/C23H29N5O3S/c1-17(2)15-28-22(20-5-4-14-31-20)24-25-23(28)32-16-21(29)27-12-10-26(11-13-27)18-6-8-19(30-3)9-7-18/h4-9,14,17H,10-13,15-16H2,1-3H3. The van der Waals surface area contributed by atoms with Gasteiger partial charge in [0.2, 0.25) is 5.91 Å². The van der Waals surface area contributed by atoms with E-state index in [1.807, 2.05) is 33.7 Å². The second-order valence-electron chi connectivity index (χ2n) is 8.14. The van der Waals surface area contributed by atoms with Crippen LogP contribution in [0.25, 0.3) is 11.6 Å². The van der Waals surface area contributed by atoms with E-state index in [4.69, 9.17) is 9.15 Å². The van der Waals surface area contributed by atoms with Crippen molar-refractivity contribution >= 4 is 23.4 Å². The first-order valence-electron chi connectivity index (χ1n) is 10.8. The number of carbonyl (C=O) groups is 1. The molecule has 0 unspecified atom stereocenters. The van der Waals surface area contributed by atoms with E-state index in [9.17, 15) is 4.79 Å². The summed E-state index contributed by atoms with van der Waals surface area (Å²) in [6.45, 7) is 8.11. The summed E-state index contributed by atoms with van der Waals surface area (Å²) in [6.07, 6.45) is 1.63. The van der Waals surface area contributed by atoms with Crippen LogP contribution >= 0.6 is 11.8 Å². The number of piperazine rings is 1. The molecule has 8 nitrogen and oxygen atoms in total. The highest BCUT2D eigenvalue weighted by atomic mass is 32.2. The lowest BCUT2D eigenvalue weighted by atomic mass is 10.2. The largest absolute Gasteiger partial charge is 0.497 e. The van der Waals surface area contributed by atoms with E-state index in [0.717, 1.165) is 36.2 Å². The number of rotatable bonds is 8. The molecule has 32 heavy (non-hydrogen) atoms. The summed E-state index contributed by atoms with van der Waals surface area (Å²) in [6, 6.07) is 11.8. The number of hydrogen-bond donors (Lipinski definition) is 0. The maximum absolute atomic E-state index is 12.9. The smallest absolute Gasteiger partial charge is 0.233 e. The number of anilines is 1. The number of furan rings is 1. The summed E-state index contributed by atoms with van der Waals surface area (Å²) in [4.78, 5) is 17.1. The molecule has 1 aliphatic rings. The fourth-order valence-corrected chi connectivity index (χ4v) is 4.59. The van der Waals surface area contributed by atoms with E-state index in [0.29, 0.717) is 36.3 Å². The molecule has 1 amide bonds. The molecule has 0 atom stereocenters. The third kappa shape index (κ3) is 5.09. The van der Waals surface area contributed by atoms with Gasteiger partial charge in [-0.1, -0.05) is 25.6 Å². The van der Waals surface area contributed by atoms with Crippen molar-refractivity contribution in [2.75, 3.05) is 43.9 Å². The third-order valence-electron chi connectivity index (χ3n) is 5.40. The van der Waals surface area contributed by atoms with Gasteiger partial charge in [0.05, 0.1) is 19.1 Å². The number of benzene rings is 1. The van der Waals surface area contributed by atoms with Gasteiger partial charge in [-0.2, -0.15) is 0 Å². The van der Waals surface area contributed by atoms with E-state index >= 15 is 0 Å². The van der Waals surface area contributed by atoms with Gasteiger partial charge in [-0.25, -0.2) is 0 Å². The van der Waals surface area contributed by atoms with Crippen LogP contribution in [-0.2, 0) is 11.3 Å². The van der Waals surface area contributed by atoms with Crippen molar-refractivity contribution in [3.63, 3.8) is 0 Å². The second-order valence-corrected chi connectivity index (χ2v) is 9.08. The lowest BCUT2D eigenvalue weighted by Gasteiger charge is -2.36. The molecule has 0 N–H and O–H groups in total. The zero-order chi connectivity index (χ0) is 22.5. The summed E-state index contributed by atoms with van der Waals surface area (Å²) in [5, 5.41) is 9.40. The van der Waals surface area contributed by atoms with Gasteiger partial charge in [0, 0.05) is 38.4 Å².